The van der Waals surface area contributed by atoms with Crippen LogP contribution in [0.25, 0.3) is 0 Å². The summed E-state index contributed by atoms with van der Waals surface area (Å²) in [7, 11) is 0. The van der Waals surface area contributed by atoms with Crippen molar-refractivity contribution in [2.24, 2.45) is 0 Å². The van der Waals surface area contributed by atoms with Crippen molar-refractivity contribution in [3.05, 3.63) is 24.3 Å². The van der Waals surface area contributed by atoms with Gasteiger partial charge in [0.1, 0.15) is 6.10 Å². The normalized spacial score (nSPS) is 13.5. The molecule has 0 aliphatic rings. The van der Waals surface area contributed by atoms with Gasteiger partial charge >= 0.3 is 0 Å². The van der Waals surface area contributed by atoms with E-state index in [0.717, 1.165) is 38.5 Å². The van der Waals surface area contributed by atoms with Crippen LogP contribution >= 0.6 is 0 Å². The zero-order chi connectivity index (χ0) is 43.0. The minimum Gasteiger partial charge on any atom is -0.394 e. The Balaban J connectivity index is 3.56. The van der Waals surface area contributed by atoms with Gasteiger partial charge in [0.2, 0.25) is 5.91 Å². The van der Waals surface area contributed by atoms with Crippen LogP contribution in [0.5, 0.6) is 0 Å². The van der Waals surface area contributed by atoms with Gasteiger partial charge in [-0.1, -0.05) is 282 Å². The van der Waals surface area contributed by atoms with Gasteiger partial charge in [0, 0.05) is 0 Å². The number of amides is 1. The van der Waals surface area contributed by atoms with E-state index in [1.165, 1.54) is 231 Å². The fourth-order valence-electron chi connectivity index (χ4n) is 8.38. The van der Waals surface area contributed by atoms with Gasteiger partial charge in [-0.05, 0) is 32.1 Å². The van der Waals surface area contributed by atoms with Gasteiger partial charge in [0.15, 0.2) is 0 Å². The summed E-state index contributed by atoms with van der Waals surface area (Å²) in [5, 5.41) is 33.3. The minimum atomic E-state index is -1.10. The van der Waals surface area contributed by atoms with Crippen LogP contribution in [0.4, 0.5) is 0 Å². The topological polar surface area (TPSA) is 89.8 Å². The molecule has 350 valence electrons. The molecule has 3 atom stereocenters. The lowest BCUT2D eigenvalue weighted by Gasteiger charge is -2.21. The second-order valence-electron chi connectivity index (χ2n) is 18.4. The fourth-order valence-corrected chi connectivity index (χ4v) is 8.38. The standard InChI is InChI=1S/C54H105NO4/c1-3-5-7-9-11-13-15-17-19-21-22-23-24-25-26-27-28-29-30-31-33-35-37-39-41-43-45-47-49-53(58)54(59)55-51(50-56)52(57)48-46-44-42-40-38-36-34-32-20-18-16-14-12-10-8-6-4-2/h38,40,46,48,51-53,56-58H,3-37,39,41-45,47,49-50H2,1-2H3,(H,55,59)/b40-38+,48-46+. The molecule has 4 N–H and O–H groups in total. The van der Waals surface area contributed by atoms with Gasteiger partial charge in [-0.25, -0.2) is 0 Å². The summed E-state index contributed by atoms with van der Waals surface area (Å²) in [6.45, 7) is 4.20. The molecule has 5 heteroatoms. The van der Waals surface area contributed by atoms with Gasteiger partial charge in [0.05, 0.1) is 18.8 Å². The zero-order valence-corrected chi connectivity index (χ0v) is 39.9. The maximum atomic E-state index is 12.5. The monoisotopic (exact) mass is 832 g/mol. The van der Waals surface area contributed by atoms with Crippen LogP contribution < -0.4 is 5.32 Å². The highest BCUT2D eigenvalue weighted by Gasteiger charge is 2.22. The SMILES string of the molecule is CCCCCCCCCCCCC/C=C/CC/C=C/C(O)C(CO)NC(=O)C(O)CCCCCCCCCCCCCCCCCCCCCCCCCCCCCC. The molecule has 0 rings (SSSR count). The summed E-state index contributed by atoms with van der Waals surface area (Å²) < 4.78 is 0. The number of carbonyl (C=O) groups excluding carboxylic acids is 1. The molecule has 0 aliphatic heterocycles. The average Bonchev–Trinajstić information content (AvgIpc) is 3.24. The highest BCUT2D eigenvalue weighted by molar-refractivity contribution is 5.80. The van der Waals surface area contributed by atoms with Crippen LogP contribution in [0.3, 0.4) is 0 Å². The molecule has 0 bridgehead atoms. The molecule has 3 unspecified atom stereocenters. The molecule has 0 fully saturated rings. The Kier molecular flexibility index (Phi) is 48.5. The Hall–Kier alpha value is -1.17. The molecule has 0 saturated carbocycles. The third kappa shape index (κ3) is 44.7. The van der Waals surface area contributed by atoms with E-state index in [1.54, 1.807) is 6.08 Å². The number of carbonyl (C=O) groups is 1. The van der Waals surface area contributed by atoms with Crippen molar-refractivity contribution in [2.45, 2.75) is 308 Å². The van der Waals surface area contributed by atoms with Gasteiger partial charge in [-0.2, -0.15) is 0 Å². The Morgan fingerprint density at radius 2 is 0.695 bits per heavy atom. The summed E-state index contributed by atoms with van der Waals surface area (Å²) >= 11 is 0. The number of aliphatic hydroxyl groups excluding tert-OH is 3. The van der Waals surface area contributed by atoms with E-state index >= 15 is 0 Å². The lowest BCUT2D eigenvalue weighted by molar-refractivity contribution is -0.131. The number of nitrogens with one attached hydrogen (secondary N) is 1. The first-order valence-corrected chi connectivity index (χ1v) is 26.7. The van der Waals surface area contributed by atoms with Crippen LogP contribution in [0, 0.1) is 0 Å². The van der Waals surface area contributed by atoms with Crippen LogP contribution in [0.15, 0.2) is 24.3 Å². The van der Waals surface area contributed by atoms with Crippen molar-refractivity contribution in [2.75, 3.05) is 6.61 Å². The molecule has 0 spiro atoms. The van der Waals surface area contributed by atoms with E-state index in [9.17, 15) is 20.1 Å². The number of aliphatic hydroxyl groups is 3. The van der Waals surface area contributed by atoms with Gasteiger partial charge < -0.3 is 20.6 Å². The first-order chi connectivity index (χ1) is 29.1. The second-order valence-corrected chi connectivity index (χ2v) is 18.4. The van der Waals surface area contributed by atoms with Crippen LogP contribution in [-0.2, 0) is 4.79 Å². The van der Waals surface area contributed by atoms with Crippen LogP contribution in [0.1, 0.15) is 290 Å². The summed E-state index contributed by atoms with van der Waals surface area (Å²) in [4.78, 5) is 12.5. The van der Waals surface area contributed by atoms with Crippen molar-refractivity contribution in [3.63, 3.8) is 0 Å². The van der Waals surface area contributed by atoms with Crippen LogP contribution in [0.2, 0.25) is 0 Å². The quantitative estimate of drug-likeness (QED) is 0.0363. The zero-order valence-electron chi connectivity index (χ0n) is 39.9. The molecule has 0 heterocycles. The van der Waals surface area contributed by atoms with E-state index in [4.69, 9.17) is 0 Å². The van der Waals surface area contributed by atoms with Crippen molar-refractivity contribution in [1.29, 1.82) is 0 Å². The first-order valence-electron chi connectivity index (χ1n) is 26.7. The molecule has 0 aliphatic carbocycles. The fraction of sp³-hybridized carbons (Fsp3) is 0.907. The van der Waals surface area contributed by atoms with Gasteiger partial charge in [-0.15, -0.1) is 0 Å². The number of allylic oxidation sites excluding steroid dienone is 3. The Bertz CT molecular complexity index is 874. The maximum absolute atomic E-state index is 12.5. The third-order valence-electron chi connectivity index (χ3n) is 12.5. The molecule has 0 aromatic rings. The Morgan fingerprint density at radius 1 is 0.407 bits per heavy atom. The molecule has 0 saturated heterocycles. The average molecular weight is 832 g/mol. The van der Waals surface area contributed by atoms with Crippen molar-refractivity contribution in [1.82, 2.24) is 5.32 Å². The van der Waals surface area contributed by atoms with Crippen molar-refractivity contribution >= 4 is 5.91 Å². The molecular weight excluding hydrogens is 727 g/mol. The minimum absolute atomic E-state index is 0.373. The molecular formula is C54H105NO4. The highest BCUT2D eigenvalue weighted by Crippen LogP contribution is 2.17. The molecule has 0 aromatic carbocycles. The smallest absolute Gasteiger partial charge is 0.249 e. The Morgan fingerprint density at radius 3 is 1.03 bits per heavy atom. The summed E-state index contributed by atoms with van der Waals surface area (Å²) in [6, 6.07) is -0.811. The predicted octanol–water partition coefficient (Wildman–Crippen LogP) is 16.1. The largest absolute Gasteiger partial charge is 0.394 e. The number of rotatable bonds is 49. The Labute approximate surface area is 369 Å². The summed E-state index contributed by atoms with van der Waals surface area (Å²) in [6.07, 6.45) is 62.5. The van der Waals surface area contributed by atoms with E-state index < -0.39 is 24.2 Å². The number of hydrogen-bond acceptors (Lipinski definition) is 4. The molecule has 0 aromatic heterocycles. The molecule has 5 nitrogen and oxygen atoms in total. The first kappa shape index (κ1) is 57.8. The molecule has 1 amide bonds. The van der Waals surface area contributed by atoms with Crippen molar-refractivity contribution in [3.8, 4) is 0 Å². The molecule has 0 radical (unpaired) electrons. The lowest BCUT2D eigenvalue weighted by atomic mass is 10.0. The van der Waals surface area contributed by atoms with E-state index in [1.807, 2.05) is 6.08 Å². The highest BCUT2D eigenvalue weighted by atomic mass is 16.3. The van der Waals surface area contributed by atoms with E-state index in [2.05, 4.69) is 31.3 Å². The van der Waals surface area contributed by atoms with Gasteiger partial charge in [0.25, 0.3) is 0 Å². The number of hydrogen-bond donors (Lipinski definition) is 4. The number of unbranched alkanes of at least 4 members (excludes halogenated alkanes) is 39. The summed E-state index contributed by atoms with van der Waals surface area (Å²) in [5.41, 5.74) is 0. The molecule has 59 heavy (non-hydrogen) atoms. The van der Waals surface area contributed by atoms with E-state index in [-0.39, 0.29) is 6.61 Å². The maximum Gasteiger partial charge on any atom is 0.249 e. The third-order valence-corrected chi connectivity index (χ3v) is 12.5. The van der Waals surface area contributed by atoms with E-state index in [0.29, 0.717) is 6.42 Å². The van der Waals surface area contributed by atoms with Gasteiger partial charge in [-0.3, -0.25) is 4.79 Å². The van der Waals surface area contributed by atoms with Crippen LogP contribution in [-0.4, -0.2) is 46.1 Å². The second kappa shape index (κ2) is 49.5. The summed E-state index contributed by atoms with van der Waals surface area (Å²) in [5.74, 6) is -0.508. The lowest BCUT2D eigenvalue weighted by Crippen LogP contribution is -2.48. The van der Waals surface area contributed by atoms with Crippen molar-refractivity contribution < 1.29 is 20.1 Å². The predicted molar refractivity (Wildman–Crippen MR) is 259 cm³/mol.